The second kappa shape index (κ2) is 5.05. The Kier molecular flexibility index (Phi) is 3.23. The molecule has 0 spiro atoms. The van der Waals surface area contributed by atoms with Crippen molar-refractivity contribution in [2.75, 3.05) is 5.73 Å². The molecule has 1 aromatic carbocycles. The molecule has 3 rings (SSSR count). The lowest BCUT2D eigenvalue weighted by molar-refractivity contribution is 0.431. The van der Waals surface area contributed by atoms with E-state index < -0.39 is 0 Å². The zero-order chi connectivity index (χ0) is 14.1. The first-order valence-electron chi connectivity index (χ1n) is 5.95. The van der Waals surface area contributed by atoms with E-state index in [4.69, 9.17) is 10.3 Å². The Morgan fingerprint density at radius 1 is 1.20 bits per heavy atom. The maximum absolute atomic E-state index is 5.60. The Labute approximate surface area is 124 Å². The summed E-state index contributed by atoms with van der Waals surface area (Å²) in [5.41, 5.74) is 8.80. The van der Waals surface area contributed by atoms with Crippen LogP contribution in [0.2, 0.25) is 0 Å². The monoisotopic (exact) mass is 330 g/mol. The van der Waals surface area contributed by atoms with Gasteiger partial charge < -0.3 is 10.3 Å². The number of pyridine rings is 1. The molecule has 20 heavy (non-hydrogen) atoms. The Hall–Kier alpha value is -2.21. The molecule has 100 valence electrons. The fraction of sp³-hybridized carbons (Fsp3) is 0.0714. The normalized spacial score (nSPS) is 10.7. The highest BCUT2D eigenvalue weighted by molar-refractivity contribution is 9.10. The van der Waals surface area contributed by atoms with Crippen molar-refractivity contribution in [1.82, 2.24) is 15.1 Å². The number of nitrogen functional groups attached to an aromatic ring is 1. The first-order valence-corrected chi connectivity index (χ1v) is 6.75. The van der Waals surface area contributed by atoms with Crippen LogP contribution in [0.25, 0.3) is 23.0 Å². The van der Waals surface area contributed by atoms with E-state index in [0.717, 1.165) is 15.6 Å². The third-order valence-electron chi connectivity index (χ3n) is 2.86. The van der Waals surface area contributed by atoms with Crippen LogP contribution < -0.4 is 5.73 Å². The average Bonchev–Trinajstić information content (AvgIpc) is 2.89. The quantitative estimate of drug-likeness (QED) is 0.778. The van der Waals surface area contributed by atoms with Crippen LogP contribution in [-0.4, -0.2) is 15.1 Å². The van der Waals surface area contributed by atoms with Gasteiger partial charge in [0.15, 0.2) is 0 Å². The third kappa shape index (κ3) is 2.42. The SMILES string of the molecule is Cc1cc(Br)ccc1-c1noc(-c2ccc(N)cn2)n1. The summed E-state index contributed by atoms with van der Waals surface area (Å²) in [6, 6.07) is 9.40. The van der Waals surface area contributed by atoms with Gasteiger partial charge in [-0.25, -0.2) is 4.98 Å². The molecule has 0 bridgehead atoms. The van der Waals surface area contributed by atoms with Crippen molar-refractivity contribution >= 4 is 21.6 Å². The number of nitrogens with two attached hydrogens (primary N) is 1. The molecule has 0 aliphatic carbocycles. The van der Waals surface area contributed by atoms with Gasteiger partial charge in [-0.2, -0.15) is 4.98 Å². The Morgan fingerprint density at radius 2 is 2.05 bits per heavy atom. The summed E-state index contributed by atoms with van der Waals surface area (Å²) in [5, 5.41) is 4.00. The summed E-state index contributed by atoms with van der Waals surface area (Å²) >= 11 is 3.43. The summed E-state index contributed by atoms with van der Waals surface area (Å²) in [6.45, 7) is 2.00. The predicted octanol–water partition coefficient (Wildman–Crippen LogP) is 3.45. The highest BCUT2D eigenvalue weighted by atomic mass is 79.9. The largest absolute Gasteiger partial charge is 0.397 e. The minimum absolute atomic E-state index is 0.377. The van der Waals surface area contributed by atoms with Crippen molar-refractivity contribution in [1.29, 1.82) is 0 Å². The van der Waals surface area contributed by atoms with Gasteiger partial charge in [0.25, 0.3) is 5.89 Å². The van der Waals surface area contributed by atoms with Crippen LogP contribution in [0, 0.1) is 6.92 Å². The molecule has 5 nitrogen and oxygen atoms in total. The molecule has 2 aromatic heterocycles. The molecule has 2 heterocycles. The number of halogens is 1. The van der Waals surface area contributed by atoms with Crippen molar-refractivity contribution in [3.8, 4) is 23.0 Å². The van der Waals surface area contributed by atoms with E-state index in [1.165, 1.54) is 0 Å². The van der Waals surface area contributed by atoms with E-state index in [0.29, 0.717) is 23.1 Å². The topological polar surface area (TPSA) is 77.8 Å². The lowest BCUT2D eigenvalue weighted by Gasteiger charge is -2.00. The van der Waals surface area contributed by atoms with Crippen molar-refractivity contribution in [3.63, 3.8) is 0 Å². The zero-order valence-electron chi connectivity index (χ0n) is 10.7. The van der Waals surface area contributed by atoms with Crippen LogP contribution in [-0.2, 0) is 0 Å². The number of nitrogens with zero attached hydrogens (tertiary/aromatic N) is 3. The minimum atomic E-state index is 0.377. The molecule has 0 aliphatic heterocycles. The molecule has 2 N–H and O–H groups in total. The van der Waals surface area contributed by atoms with Gasteiger partial charge in [-0.15, -0.1) is 0 Å². The van der Waals surface area contributed by atoms with Crippen LogP contribution in [0.4, 0.5) is 5.69 Å². The van der Waals surface area contributed by atoms with E-state index >= 15 is 0 Å². The highest BCUT2D eigenvalue weighted by Gasteiger charge is 2.13. The number of anilines is 1. The maximum atomic E-state index is 5.60. The number of hydrogen-bond acceptors (Lipinski definition) is 5. The number of benzene rings is 1. The highest BCUT2D eigenvalue weighted by Crippen LogP contribution is 2.26. The van der Waals surface area contributed by atoms with Gasteiger partial charge in [0.2, 0.25) is 5.82 Å². The fourth-order valence-corrected chi connectivity index (χ4v) is 2.32. The Balaban J connectivity index is 1.99. The molecular weight excluding hydrogens is 320 g/mol. The summed E-state index contributed by atoms with van der Waals surface area (Å²) in [6.07, 6.45) is 1.56. The number of aryl methyl sites for hydroxylation is 1. The lowest BCUT2D eigenvalue weighted by Crippen LogP contribution is -1.89. The smallest absolute Gasteiger partial charge is 0.276 e. The molecule has 6 heteroatoms. The summed E-state index contributed by atoms with van der Waals surface area (Å²) in [4.78, 5) is 8.54. The van der Waals surface area contributed by atoms with Crippen LogP contribution >= 0.6 is 15.9 Å². The Bertz CT molecular complexity index is 752. The number of aromatic nitrogens is 3. The second-order valence-electron chi connectivity index (χ2n) is 4.36. The van der Waals surface area contributed by atoms with E-state index in [1.807, 2.05) is 25.1 Å². The lowest BCUT2D eigenvalue weighted by atomic mass is 10.1. The minimum Gasteiger partial charge on any atom is -0.397 e. The average molecular weight is 331 g/mol. The molecule has 0 radical (unpaired) electrons. The molecule has 0 saturated heterocycles. The molecule has 0 fully saturated rings. The second-order valence-corrected chi connectivity index (χ2v) is 5.27. The van der Waals surface area contributed by atoms with Gasteiger partial charge in [-0.05, 0) is 42.8 Å². The van der Waals surface area contributed by atoms with E-state index in [-0.39, 0.29) is 0 Å². The van der Waals surface area contributed by atoms with Crippen LogP contribution in [0.15, 0.2) is 45.5 Å². The Morgan fingerprint density at radius 3 is 2.75 bits per heavy atom. The standard InChI is InChI=1S/C14H11BrN4O/c1-8-6-9(15)2-4-11(8)13-18-14(20-19-13)12-5-3-10(16)7-17-12/h2-7H,16H2,1H3. The van der Waals surface area contributed by atoms with Crippen LogP contribution in [0.5, 0.6) is 0 Å². The molecule has 0 saturated carbocycles. The van der Waals surface area contributed by atoms with Crippen molar-refractivity contribution < 1.29 is 4.52 Å². The summed E-state index contributed by atoms with van der Waals surface area (Å²) < 4.78 is 6.27. The summed E-state index contributed by atoms with van der Waals surface area (Å²) in [7, 11) is 0. The first kappa shape index (κ1) is 12.8. The molecule has 0 aliphatic rings. The van der Waals surface area contributed by atoms with Crippen molar-refractivity contribution in [2.24, 2.45) is 0 Å². The first-order chi connectivity index (χ1) is 9.63. The fourth-order valence-electron chi connectivity index (χ4n) is 1.85. The predicted molar refractivity (Wildman–Crippen MR) is 79.8 cm³/mol. The van der Waals surface area contributed by atoms with E-state index in [9.17, 15) is 0 Å². The molecule has 0 amide bonds. The van der Waals surface area contributed by atoms with E-state index in [1.54, 1.807) is 18.3 Å². The van der Waals surface area contributed by atoms with Gasteiger partial charge >= 0.3 is 0 Å². The van der Waals surface area contributed by atoms with Gasteiger partial charge in [0, 0.05) is 10.0 Å². The zero-order valence-corrected chi connectivity index (χ0v) is 12.3. The molecular formula is C14H11BrN4O. The van der Waals surface area contributed by atoms with Gasteiger partial charge in [-0.1, -0.05) is 21.1 Å². The van der Waals surface area contributed by atoms with Crippen LogP contribution in [0.3, 0.4) is 0 Å². The third-order valence-corrected chi connectivity index (χ3v) is 3.35. The molecule has 0 unspecified atom stereocenters. The molecule has 3 aromatic rings. The summed E-state index contributed by atoms with van der Waals surface area (Å²) in [5.74, 6) is 0.922. The van der Waals surface area contributed by atoms with Gasteiger partial charge in [-0.3, -0.25) is 0 Å². The van der Waals surface area contributed by atoms with Crippen LogP contribution in [0.1, 0.15) is 5.56 Å². The van der Waals surface area contributed by atoms with Gasteiger partial charge in [0.05, 0.1) is 11.9 Å². The number of hydrogen-bond donors (Lipinski definition) is 1. The maximum Gasteiger partial charge on any atom is 0.276 e. The van der Waals surface area contributed by atoms with Crippen molar-refractivity contribution in [3.05, 3.63) is 46.6 Å². The molecule has 0 atom stereocenters. The van der Waals surface area contributed by atoms with Crippen molar-refractivity contribution in [2.45, 2.75) is 6.92 Å². The van der Waals surface area contributed by atoms with E-state index in [2.05, 4.69) is 31.1 Å². The number of rotatable bonds is 2. The van der Waals surface area contributed by atoms with Gasteiger partial charge in [0.1, 0.15) is 5.69 Å².